The Morgan fingerprint density at radius 3 is 2.68 bits per heavy atom. The zero-order valence-corrected chi connectivity index (χ0v) is 15.6. The van der Waals surface area contributed by atoms with Crippen molar-refractivity contribution in [3.63, 3.8) is 0 Å². The van der Waals surface area contributed by atoms with E-state index in [1.54, 1.807) is 17.2 Å². The number of hydrogen-bond donors (Lipinski definition) is 1. The summed E-state index contributed by atoms with van der Waals surface area (Å²) in [5, 5.41) is 3.67. The summed E-state index contributed by atoms with van der Waals surface area (Å²) >= 11 is 6.41. The van der Waals surface area contributed by atoms with Crippen molar-refractivity contribution in [1.82, 2.24) is 15.2 Å². The second kappa shape index (κ2) is 6.92. The first-order chi connectivity index (χ1) is 11.8. The first-order valence-corrected chi connectivity index (χ1v) is 9.04. The molecule has 0 radical (unpaired) electrons. The number of halogens is 1. The fourth-order valence-corrected chi connectivity index (χ4v) is 3.19. The van der Waals surface area contributed by atoms with Gasteiger partial charge in [0.1, 0.15) is 5.60 Å². The van der Waals surface area contributed by atoms with Crippen molar-refractivity contribution < 1.29 is 14.3 Å². The van der Waals surface area contributed by atoms with E-state index in [2.05, 4.69) is 10.3 Å². The number of carbonyl (C=O) groups is 2. The van der Waals surface area contributed by atoms with Crippen LogP contribution >= 0.6 is 11.6 Å². The summed E-state index contributed by atoms with van der Waals surface area (Å²) in [7, 11) is 0. The van der Waals surface area contributed by atoms with E-state index in [-0.39, 0.29) is 23.8 Å². The van der Waals surface area contributed by atoms with Gasteiger partial charge in [0.15, 0.2) is 5.78 Å². The molecular formula is C18H24ClN3O3. The predicted molar refractivity (Wildman–Crippen MR) is 94.9 cm³/mol. The van der Waals surface area contributed by atoms with Gasteiger partial charge in [0.2, 0.25) is 0 Å². The van der Waals surface area contributed by atoms with E-state index >= 15 is 0 Å². The number of nitrogens with one attached hydrogen (secondary N) is 1. The van der Waals surface area contributed by atoms with Gasteiger partial charge < -0.3 is 10.1 Å². The maximum atomic E-state index is 12.5. The summed E-state index contributed by atoms with van der Waals surface area (Å²) in [4.78, 5) is 30.8. The zero-order valence-electron chi connectivity index (χ0n) is 14.8. The Morgan fingerprint density at radius 1 is 1.36 bits per heavy atom. The molecule has 1 aliphatic heterocycles. The molecule has 2 aliphatic rings. The van der Waals surface area contributed by atoms with E-state index in [4.69, 9.17) is 16.3 Å². The van der Waals surface area contributed by atoms with Gasteiger partial charge in [0, 0.05) is 37.3 Å². The Labute approximate surface area is 152 Å². The number of pyridine rings is 1. The Balaban J connectivity index is 1.82. The van der Waals surface area contributed by atoms with Gasteiger partial charge in [0.25, 0.3) is 0 Å². The third-order valence-corrected chi connectivity index (χ3v) is 4.59. The zero-order chi connectivity index (χ0) is 18.2. The molecule has 2 heterocycles. The number of piperazine rings is 1. The molecule has 1 aliphatic carbocycles. The highest BCUT2D eigenvalue weighted by atomic mass is 35.5. The summed E-state index contributed by atoms with van der Waals surface area (Å²) < 4.78 is 5.50. The van der Waals surface area contributed by atoms with Crippen LogP contribution in [-0.4, -0.2) is 47.0 Å². The van der Waals surface area contributed by atoms with Crippen LogP contribution in [0.15, 0.2) is 12.3 Å². The van der Waals surface area contributed by atoms with Gasteiger partial charge in [-0.25, -0.2) is 4.79 Å². The number of rotatable bonds is 3. The van der Waals surface area contributed by atoms with Crippen molar-refractivity contribution in [1.29, 1.82) is 0 Å². The Morgan fingerprint density at radius 2 is 2.08 bits per heavy atom. The number of carbonyl (C=O) groups excluding carboxylic acids is 2. The van der Waals surface area contributed by atoms with Gasteiger partial charge in [-0.3, -0.25) is 14.7 Å². The SMILES string of the molecule is CC(C)(C)OC(=O)N1CCNCC1c1ncc(C(=O)C2CC2)cc1Cl. The lowest BCUT2D eigenvalue weighted by Crippen LogP contribution is -2.50. The lowest BCUT2D eigenvalue weighted by molar-refractivity contribution is 0.0113. The van der Waals surface area contributed by atoms with Crippen molar-refractivity contribution in [3.05, 3.63) is 28.5 Å². The van der Waals surface area contributed by atoms with Crippen LogP contribution in [0.4, 0.5) is 4.79 Å². The van der Waals surface area contributed by atoms with Gasteiger partial charge in [-0.15, -0.1) is 0 Å². The molecule has 136 valence electrons. The topological polar surface area (TPSA) is 71.5 Å². The molecule has 1 amide bonds. The van der Waals surface area contributed by atoms with Crippen molar-refractivity contribution in [2.45, 2.75) is 45.3 Å². The van der Waals surface area contributed by atoms with Crippen LogP contribution in [0.25, 0.3) is 0 Å². The number of ether oxygens (including phenoxy) is 1. The summed E-state index contributed by atoms with van der Waals surface area (Å²) in [5.41, 5.74) is 0.570. The molecular weight excluding hydrogens is 342 g/mol. The van der Waals surface area contributed by atoms with Crippen LogP contribution < -0.4 is 5.32 Å². The summed E-state index contributed by atoms with van der Waals surface area (Å²) in [6, 6.07) is 1.35. The Hall–Kier alpha value is -1.66. The minimum absolute atomic E-state index is 0.103. The molecule has 2 fully saturated rings. The molecule has 1 N–H and O–H groups in total. The largest absolute Gasteiger partial charge is 0.444 e. The first kappa shape index (κ1) is 18.1. The molecule has 3 rings (SSSR count). The molecule has 0 bridgehead atoms. The minimum Gasteiger partial charge on any atom is -0.444 e. The highest BCUT2D eigenvalue weighted by Gasteiger charge is 2.35. The molecule has 25 heavy (non-hydrogen) atoms. The molecule has 1 saturated carbocycles. The third kappa shape index (κ3) is 4.30. The van der Waals surface area contributed by atoms with Gasteiger partial charge in [-0.2, -0.15) is 0 Å². The van der Waals surface area contributed by atoms with Crippen LogP contribution in [0.1, 0.15) is 55.7 Å². The molecule has 1 unspecified atom stereocenters. The van der Waals surface area contributed by atoms with Gasteiger partial charge >= 0.3 is 6.09 Å². The number of amides is 1. The van der Waals surface area contributed by atoms with Gasteiger partial charge in [-0.05, 0) is 39.7 Å². The summed E-state index contributed by atoms with van der Waals surface area (Å²) in [5.74, 6) is 0.227. The average Bonchev–Trinajstić information content (AvgIpc) is 3.37. The minimum atomic E-state index is -0.565. The standard InChI is InChI=1S/C18H24ClN3O3/c1-18(2,3)25-17(24)22-7-6-20-10-14(22)15-13(19)8-12(9-21-15)16(23)11-4-5-11/h8-9,11,14,20H,4-7,10H2,1-3H3. The highest BCUT2D eigenvalue weighted by molar-refractivity contribution is 6.31. The maximum absolute atomic E-state index is 12.5. The van der Waals surface area contributed by atoms with Gasteiger partial charge in [-0.1, -0.05) is 11.6 Å². The van der Waals surface area contributed by atoms with E-state index in [0.717, 1.165) is 12.8 Å². The van der Waals surface area contributed by atoms with Crippen LogP contribution in [-0.2, 0) is 4.74 Å². The number of hydrogen-bond acceptors (Lipinski definition) is 5. The molecule has 0 spiro atoms. The lowest BCUT2D eigenvalue weighted by Gasteiger charge is -2.37. The molecule has 1 aromatic rings. The first-order valence-electron chi connectivity index (χ1n) is 8.66. The second-order valence-electron chi connectivity index (χ2n) is 7.62. The fraction of sp³-hybridized carbons (Fsp3) is 0.611. The van der Waals surface area contributed by atoms with Crippen LogP contribution in [0.5, 0.6) is 0 Å². The summed E-state index contributed by atoms with van der Waals surface area (Å²) in [6.07, 6.45) is 3.08. The van der Waals surface area contributed by atoms with Crippen molar-refractivity contribution >= 4 is 23.5 Å². The quantitative estimate of drug-likeness (QED) is 0.833. The van der Waals surface area contributed by atoms with Gasteiger partial charge in [0.05, 0.1) is 16.8 Å². The fourth-order valence-electron chi connectivity index (χ4n) is 2.90. The number of nitrogens with zero attached hydrogens (tertiary/aromatic N) is 2. The summed E-state index contributed by atoms with van der Waals surface area (Å²) in [6.45, 7) is 7.26. The molecule has 1 atom stereocenters. The van der Waals surface area contributed by atoms with Crippen molar-refractivity contribution in [2.24, 2.45) is 5.92 Å². The third-order valence-electron chi connectivity index (χ3n) is 4.29. The Kier molecular flexibility index (Phi) is 5.02. The van der Waals surface area contributed by atoms with Crippen molar-refractivity contribution in [3.8, 4) is 0 Å². The number of ketones is 1. The van der Waals surface area contributed by atoms with E-state index < -0.39 is 5.60 Å². The lowest BCUT2D eigenvalue weighted by atomic mass is 10.1. The molecule has 1 aromatic heterocycles. The number of Topliss-reactive ketones (excluding diaryl/α,β-unsaturated/α-hetero) is 1. The predicted octanol–water partition coefficient (Wildman–Crippen LogP) is 3.21. The highest BCUT2D eigenvalue weighted by Crippen LogP contribution is 2.34. The van der Waals surface area contributed by atoms with Crippen LogP contribution in [0.3, 0.4) is 0 Å². The van der Waals surface area contributed by atoms with Crippen molar-refractivity contribution in [2.75, 3.05) is 19.6 Å². The van der Waals surface area contributed by atoms with E-state index in [9.17, 15) is 9.59 Å². The second-order valence-corrected chi connectivity index (χ2v) is 8.03. The van der Waals surface area contributed by atoms with E-state index in [0.29, 0.717) is 35.9 Å². The monoisotopic (exact) mass is 365 g/mol. The molecule has 0 aromatic carbocycles. The smallest absolute Gasteiger partial charge is 0.410 e. The molecule has 6 nitrogen and oxygen atoms in total. The van der Waals surface area contributed by atoms with Crippen LogP contribution in [0.2, 0.25) is 5.02 Å². The Bertz CT molecular complexity index is 683. The molecule has 7 heteroatoms. The van der Waals surface area contributed by atoms with E-state index in [1.165, 1.54) is 0 Å². The average molecular weight is 366 g/mol. The molecule has 1 saturated heterocycles. The number of aromatic nitrogens is 1. The van der Waals surface area contributed by atoms with E-state index in [1.807, 2.05) is 20.8 Å². The maximum Gasteiger partial charge on any atom is 0.410 e. The normalized spacial score (nSPS) is 21.1. The van der Waals surface area contributed by atoms with Crippen LogP contribution in [0, 0.1) is 5.92 Å².